The molecule has 0 aliphatic carbocycles. The third-order valence-corrected chi connectivity index (χ3v) is 2.98. The van der Waals surface area contributed by atoms with Gasteiger partial charge in [-0.3, -0.25) is 0 Å². The maximum absolute atomic E-state index is 10.5. The Hall–Kier alpha value is -1.46. The molecular weight excluding hydrogens is 246 g/mol. The van der Waals surface area contributed by atoms with Gasteiger partial charge in [0.15, 0.2) is 11.5 Å². The molecule has 0 saturated carbocycles. The molecule has 1 aliphatic rings. The second kappa shape index (κ2) is 5.67. The van der Waals surface area contributed by atoms with E-state index < -0.39 is 5.60 Å². The summed E-state index contributed by atoms with van der Waals surface area (Å²) in [6.07, 6.45) is 0. The number of hydrogen-bond acceptors (Lipinski definition) is 5. The van der Waals surface area contributed by atoms with Crippen LogP contribution in [-0.2, 0) is 0 Å². The van der Waals surface area contributed by atoms with Crippen molar-refractivity contribution in [3.63, 3.8) is 0 Å². The van der Waals surface area contributed by atoms with Crippen LogP contribution >= 0.6 is 0 Å². The molecule has 5 heteroatoms. The minimum absolute atomic E-state index is 0.167. The Morgan fingerprint density at radius 1 is 1.37 bits per heavy atom. The van der Waals surface area contributed by atoms with Gasteiger partial charge < -0.3 is 24.6 Å². The fraction of sp³-hybridized carbons (Fsp3) is 0.571. The van der Waals surface area contributed by atoms with Crippen LogP contribution < -0.4 is 19.5 Å². The Morgan fingerprint density at radius 3 is 2.79 bits per heavy atom. The van der Waals surface area contributed by atoms with Gasteiger partial charge in [0, 0.05) is 12.6 Å². The van der Waals surface area contributed by atoms with E-state index in [4.69, 9.17) is 14.2 Å². The third kappa shape index (κ3) is 3.30. The van der Waals surface area contributed by atoms with E-state index in [2.05, 4.69) is 5.32 Å². The number of para-hydroxylation sites is 1. The van der Waals surface area contributed by atoms with E-state index in [-0.39, 0.29) is 13.2 Å². The van der Waals surface area contributed by atoms with Crippen molar-refractivity contribution in [3.8, 4) is 17.2 Å². The van der Waals surface area contributed by atoms with Gasteiger partial charge in [0.05, 0.1) is 7.11 Å². The molecule has 5 nitrogen and oxygen atoms in total. The molecule has 1 aromatic carbocycles. The van der Waals surface area contributed by atoms with Gasteiger partial charge in [-0.2, -0.15) is 0 Å². The number of methoxy groups -OCH3 is 1. The van der Waals surface area contributed by atoms with Gasteiger partial charge in [-0.05, 0) is 12.1 Å². The van der Waals surface area contributed by atoms with Gasteiger partial charge in [-0.15, -0.1) is 0 Å². The van der Waals surface area contributed by atoms with E-state index in [1.165, 1.54) is 0 Å². The molecule has 0 aromatic heterocycles. The Balaban J connectivity index is 2.12. The molecule has 1 aliphatic heterocycles. The second-order valence-corrected chi connectivity index (χ2v) is 5.12. The van der Waals surface area contributed by atoms with Gasteiger partial charge in [-0.25, -0.2) is 0 Å². The highest BCUT2D eigenvalue weighted by atomic mass is 16.6. The number of rotatable bonds is 4. The maximum atomic E-state index is 10.5. The highest BCUT2D eigenvalue weighted by Gasteiger charge is 2.33. The van der Waals surface area contributed by atoms with Gasteiger partial charge in [0.25, 0.3) is 0 Å². The minimum atomic E-state index is -1.05. The van der Waals surface area contributed by atoms with Gasteiger partial charge in [0.1, 0.15) is 18.8 Å². The fourth-order valence-electron chi connectivity index (χ4n) is 1.87. The van der Waals surface area contributed by atoms with Crippen LogP contribution in [0.1, 0.15) is 13.8 Å². The normalized spacial score (nSPS) is 22.2. The van der Waals surface area contributed by atoms with Crippen LogP contribution in [-0.4, -0.2) is 43.6 Å². The molecule has 0 radical (unpaired) electrons. The Bertz CT molecular complexity index is 435. The molecule has 0 amide bonds. The lowest BCUT2D eigenvalue weighted by molar-refractivity contribution is -0.0279. The van der Waals surface area contributed by atoms with Crippen LogP contribution in [0, 0.1) is 0 Å². The Labute approximate surface area is 113 Å². The first-order valence-corrected chi connectivity index (χ1v) is 6.42. The predicted molar refractivity (Wildman–Crippen MR) is 72.1 cm³/mol. The van der Waals surface area contributed by atoms with Crippen molar-refractivity contribution >= 4 is 0 Å². The van der Waals surface area contributed by atoms with Gasteiger partial charge >= 0.3 is 0 Å². The summed E-state index contributed by atoms with van der Waals surface area (Å²) in [6, 6.07) is 5.74. The highest BCUT2D eigenvalue weighted by molar-refractivity contribution is 5.51. The molecule has 2 rings (SSSR count). The summed E-state index contributed by atoms with van der Waals surface area (Å²) in [5.41, 5.74) is -1.05. The molecule has 2 N–H and O–H groups in total. The number of fused-ring (bicyclic) bond motifs is 1. The molecule has 0 spiro atoms. The lowest BCUT2D eigenvalue weighted by atomic mass is 10.1. The summed E-state index contributed by atoms with van der Waals surface area (Å²) in [6.45, 7) is 4.83. The third-order valence-electron chi connectivity index (χ3n) is 2.98. The largest absolute Gasteiger partial charge is 0.493 e. The number of nitrogens with one attached hydrogen (secondary N) is 1. The lowest BCUT2D eigenvalue weighted by Crippen LogP contribution is -2.50. The van der Waals surface area contributed by atoms with Crippen molar-refractivity contribution in [1.29, 1.82) is 0 Å². The van der Waals surface area contributed by atoms with Crippen molar-refractivity contribution in [1.82, 2.24) is 5.32 Å². The monoisotopic (exact) mass is 267 g/mol. The predicted octanol–water partition coefficient (Wildman–Crippen LogP) is 1.20. The molecule has 1 aromatic rings. The zero-order chi connectivity index (χ0) is 13.9. The number of hydrogen-bond donors (Lipinski definition) is 2. The summed E-state index contributed by atoms with van der Waals surface area (Å²) in [5, 5.41) is 13.7. The molecule has 0 saturated heterocycles. The first-order chi connectivity index (χ1) is 9.04. The SMILES string of the molecule is COc1cccc2c1OCC(O)(CNC(C)C)CO2. The molecule has 1 heterocycles. The number of ether oxygens (including phenoxy) is 3. The standard InChI is InChI=1S/C14H21NO4/c1-10(2)15-7-14(16)8-18-12-6-4-5-11(17-3)13(12)19-9-14/h4-6,10,15-16H,7-9H2,1-3H3. The van der Waals surface area contributed by atoms with Crippen molar-refractivity contribution in [3.05, 3.63) is 18.2 Å². The summed E-state index contributed by atoms with van der Waals surface area (Å²) in [5.74, 6) is 1.75. The van der Waals surface area contributed by atoms with Crippen LogP contribution in [0.4, 0.5) is 0 Å². The van der Waals surface area contributed by atoms with Crippen molar-refractivity contribution < 1.29 is 19.3 Å². The Kier molecular flexibility index (Phi) is 4.17. The zero-order valence-corrected chi connectivity index (χ0v) is 11.6. The summed E-state index contributed by atoms with van der Waals surface area (Å²) in [7, 11) is 1.58. The van der Waals surface area contributed by atoms with Crippen LogP contribution in [0.5, 0.6) is 17.2 Å². The van der Waals surface area contributed by atoms with Crippen molar-refractivity contribution in [2.45, 2.75) is 25.5 Å². The quantitative estimate of drug-likeness (QED) is 0.858. The zero-order valence-electron chi connectivity index (χ0n) is 11.6. The van der Waals surface area contributed by atoms with Gasteiger partial charge in [-0.1, -0.05) is 19.9 Å². The minimum Gasteiger partial charge on any atom is -0.493 e. The first kappa shape index (κ1) is 14.0. The van der Waals surface area contributed by atoms with E-state index in [1.54, 1.807) is 19.2 Å². The summed E-state index contributed by atoms with van der Waals surface area (Å²) in [4.78, 5) is 0. The number of benzene rings is 1. The van der Waals surface area contributed by atoms with E-state index in [0.29, 0.717) is 29.8 Å². The molecule has 1 atom stereocenters. The van der Waals surface area contributed by atoms with Crippen LogP contribution in [0.15, 0.2) is 18.2 Å². The van der Waals surface area contributed by atoms with Crippen LogP contribution in [0.3, 0.4) is 0 Å². The highest BCUT2D eigenvalue weighted by Crippen LogP contribution is 2.39. The first-order valence-electron chi connectivity index (χ1n) is 6.42. The summed E-state index contributed by atoms with van der Waals surface area (Å²) >= 11 is 0. The van der Waals surface area contributed by atoms with E-state index in [1.807, 2.05) is 19.9 Å². The Morgan fingerprint density at radius 2 is 2.11 bits per heavy atom. The van der Waals surface area contributed by atoms with E-state index in [9.17, 15) is 5.11 Å². The molecule has 0 bridgehead atoms. The average Bonchev–Trinajstić information content (AvgIpc) is 2.57. The van der Waals surface area contributed by atoms with Crippen molar-refractivity contribution in [2.24, 2.45) is 0 Å². The smallest absolute Gasteiger partial charge is 0.203 e. The molecule has 0 fully saturated rings. The topological polar surface area (TPSA) is 60.0 Å². The van der Waals surface area contributed by atoms with Gasteiger partial charge in [0.2, 0.25) is 5.75 Å². The molecule has 106 valence electrons. The summed E-state index contributed by atoms with van der Waals surface area (Å²) < 4.78 is 16.6. The van der Waals surface area contributed by atoms with E-state index >= 15 is 0 Å². The number of aliphatic hydroxyl groups is 1. The molecule has 19 heavy (non-hydrogen) atoms. The average molecular weight is 267 g/mol. The van der Waals surface area contributed by atoms with Crippen molar-refractivity contribution in [2.75, 3.05) is 26.9 Å². The maximum Gasteiger partial charge on any atom is 0.203 e. The van der Waals surface area contributed by atoms with Crippen LogP contribution in [0.25, 0.3) is 0 Å². The lowest BCUT2D eigenvalue weighted by Gasteiger charge is -2.26. The van der Waals surface area contributed by atoms with E-state index in [0.717, 1.165) is 0 Å². The second-order valence-electron chi connectivity index (χ2n) is 5.12. The van der Waals surface area contributed by atoms with Crippen LogP contribution in [0.2, 0.25) is 0 Å². The molecule has 1 unspecified atom stereocenters. The molecular formula is C14H21NO4. The fourth-order valence-corrected chi connectivity index (χ4v) is 1.87.